The maximum absolute atomic E-state index is 15.6. The smallest absolute Gasteiger partial charge is 0.306 e. The molecule has 1 atom stereocenters. The first-order chi connectivity index (χ1) is 18.4. The van der Waals surface area contributed by atoms with Gasteiger partial charge in [0.05, 0.1) is 23.8 Å². The lowest BCUT2D eigenvalue weighted by atomic mass is 9.82. The fourth-order valence-electron chi connectivity index (χ4n) is 6.24. The molecule has 206 valence electrons. The molecular formula is C27H37FN6O4. The fourth-order valence-corrected chi connectivity index (χ4v) is 6.24. The Morgan fingerprint density at radius 2 is 1.82 bits per heavy atom. The van der Waals surface area contributed by atoms with Gasteiger partial charge in [0.2, 0.25) is 0 Å². The van der Waals surface area contributed by atoms with Gasteiger partial charge in [-0.05, 0) is 38.5 Å². The molecule has 10 nitrogen and oxygen atoms in total. The molecule has 2 saturated carbocycles. The van der Waals surface area contributed by atoms with Crippen molar-refractivity contribution in [3.05, 3.63) is 24.0 Å². The zero-order valence-corrected chi connectivity index (χ0v) is 21.6. The predicted octanol–water partition coefficient (Wildman–Crippen LogP) is 4.73. The number of fused-ring (bicyclic) bond motifs is 2. The Labute approximate surface area is 221 Å². The molecular weight excluding hydrogens is 491 g/mol. The van der Waals surface area contributed by atoms with E-state index in [-0.39, 0.29) is 29.9 Å². The summed E-state index contributed by atoms with van der Waals surface area (Å²) < 4.78 is 23.4. The van der Waals surface area contributed by atoms with E-state index >= 15 is 4.39 Å². The van der Waals surface area contributed by atoms with Crippen molar-refractivity contribution in [2.75, 3.05) is 22.9 Å². The topological polar surface area (TPSA) is 144 Å². The van der Waals surface area contributed by atoms with E-state index in [1.807, 2.05) is 0 Å². The number of halogens is 1. The van der Waals surface area contributed by atoms with E-state index < -0.39 is 23.6 Å². The molecule has 5 N–H and O–H groups in total. The van der Waals surface area contributed by atoms with Gasteiger partial charge in [0.15, 0.2) is 5.82 Å². The number of nitrogens with two attached hydrogens (primary N) is 1. The molecule has 0 radical (unpaired) electrons. The molecule has 3 heterocycles. The van der Waals surface area contributed by atoms with E-state index in [2.05, 4.69) is 20.7 Å². The van der Waals surface area contributed by atoms with Crippen LogP contribution in [0.4, 0.5) is 21.7 Å². The van der Waals surface area contributed by atoms with Gasteiger partial charge < -0.3 is 26.2 Å². The predicted molar refractivity (Wildman–Crippen MR) is 141 cm³/mol. The number of amides is 1. The maximum atomic E-state index is 15.6. The molecule has 1 unspecified atom stereocenters. The molecule has 0 aromatic carbocycles. The first kappa shape index (κ1) is 26.2. The molecule has 1 spiro atoms. The number of nitrogens with one attached hydrogen (secondary N) is 2. The summed E-state index contributed by atoms with van der Waals surface area (Å²) in [7, 11) is 0. The number of aromatic nitrogens is 3. The standard InChI is InChI=1S/C27H37FN6O4/c28-21-16-31-24-22(23(29)33-34(24)27(21)12-5-3-1-2-4-6-13-27)25(35)32-19-15-30-14-11-20(19)38-18-9-7-17(8-10-18)26(36)37/h11,14-15,17-18,21,31H,1-10,12-13,16H2,(H2,29,33)(H,32,35)(H,36,37). The van der Waals surface area contributed by atoms with Gasteiger partial charge in [-0.1, -0.05) is 38.5 Å². The Balaban J connectivity index is 1.36. The molecule has 3 aliphatic rings. The first-order valence-electron chi connectivity index (χ1n) is 13.8. The van der Waals surface area contributed by atoms with Crippen LogP contribution in [-0.4, -0.2) is 50.6 Å². The normalized spacial score (nSPS) is 25.2. The third-order valence-corrected chi connectivity index (χ3v) is 8.41. The van der Waals surface area contributed by atoms with Crippen LogP contribution in [0, 0.1) is 5.92 Å². The van der Waals surface area contributed by atoms with Gasteiger partial charge in [0, 0.05) is 18.8 Å². The third kappa shape index (κ3) is 5.15. The van der Waals surface area contributed by atoms with Crippen LogP contribution in [0.25, 0.3) is 0 Å². The van der Waals surface area contributed by atoms with Crippen LogP contribution in [0.15, 0.2) is 18.5 Å². The van der Waals surface area contributed by atoms with E-state index in [1.54, 1.807) is 16.9 Å². The number of carbonyl (C=O) groups excluding carboxylic acids is 1. The number of ether oxygens (including phenoxy) is 1. The second kappa shape index (κ2) is 11.2. The highest BCUT2D eigenvalue weighted by Gasteiger charge is 2.47. The van der Waals surface area contributed by atoms with Crippen LogP contribution < -0.4 is 21.1 Å². The zero-order valence-electron chi connectivity index (χ0n) is 21.6. The number of nitrogens with zero attached hydrogens (tertiary/aromatic N) is 3. The largest absolute Gasteiger partial charge is 0.488 e. The van der Waals surface area contributed by atoms with Crippen molar-refractivity contribution >= 4 is 29.2 Å². The van der Waals surface area contributed by atoms with E-state index in [4.69, 9.17) is 10.5 Å². The minimum Gasteiger partial charge on any atom is -0.488 e. The molecule has 1 aliphatic heterocycles. The van der Waals surface area contributed by atoms with Gasteiger partial charge in [0.1, 0.15) is 29.0 Å². The molecule has 2 aromatic heterocycles. The van der Waals surface area contributed by atoms with Crippen molar-refractivity contribution in [1.82, 2.24) is 14.8 Å². The SMILES string of the molecule is Nc1nn2c(c1C(=O)Nc1cnccc1OC1CCC(C(=O)O)CC1)NCC(F)C21CCCCCCCC1. The van der Waals surface area contributed by atoms with Gasteiger partial charge in [-0.2, -0.15) is 5.10 Å². The van der Waals surface area contributed by atoms with Crippen molar-refractivity contribution in [3.8, 4) is 5.75 Å². The molecule has 2 aromatic rings. The Morgan fingerprint density at radius 3 is 2.50 bits per heavy atom. The first-order valence-corrected chi connectivity index (χ1v) is 13.8. The van der Waals surface area contributed by atoms with E-state index in [0.29, 0.717) is 55.8 Å². The molecule has 2 fully saturated rings. The van der Waals surface area contributed by atoms with E-state index in [0.717, 1.165) is 38.5 Å². The zero-order chi connectivity index (χ0) is 26.7. The highest BCUT2D eigenvalue weighted by Crippen LogP contribution is 2.44. The number of hydrogen-bond donors (Lipinski definition) is 4. The number of alkyl halides is 1. The van der Waals surface area contributed by atoms with Crippen molar-refractivity contribution in [2.24, 2.45) is 5.92 Å². The minimum atomic E-state index is -1.13. The maximum Gasteiger partial charge on any atom is 0.306 e. The Bertz CT molecular complexity index is 1150. The van der Waals surface area contributed by atoms with Crippen molar-refractivity contribution in [1.29, 1.82) is 0 Å². The highest BCUT2D eigenvalue weighted by atomic mass is 19.1. The number of carboxylic acid groups (broad SMARTS) is 1. The summed E-state index contributed by atoms with van der Waals surface area (Å²) in [6.45, 7) is 0.103. The number of carboxylic acids is 1. The van der Waals surface area contributed by atoms with Crippen LogP contribution >= 0.6 is 0 Å². The quantitative estimate of drug-likeness (QED) is 0.436. The monoisotopic (exact) mass is 528 g/mol. The van der Waals surface area contributed by atoms with Gasteiger partial charge >= 0.3 is 5.97 Å². The molecule has 38 heavy (non-hydrogen) atoms. The van der Waals surface area contributed by atoms with E-state index in [1.165, 1.54) is 6.20 Å². The average molecular weight is 529 g/mol. The molecule has 0 saturated heterocycles. The van der Waals surface area contributed by atoms with Crippen LogP contribution in [0.1, 0.15) is 87.4 Å². The van der Waals surface area contributed by atoms with Gasteiger partial charge in [-0.3, -0.25) is 14.6 Å². The Morgan fingerprint density at radius 1 is 1.13 bits per heavy atom. The number of nitrogen functional groups attached to an aromatic ring is 1. The van der Waals surface area contributed by atoms with Gasteiger partial charge in [-0.25, -0.2) is 9.07 Å². The lowest BCUT2D eigenvalue weighted by Crippen LogP contribution is -2.51. The van der Waals surface area contributed by atoms with Gasteiger partial charge in [-0.15, -0.1) is 0 Å². The summed E-state index contributed by atoms with van der Waals surface area (Å²) in [5.74, 6) is -0.629. The van der Waals surface area contributed by atoms with Gasteiger partial charge in [0.25, 0.3) is 5.91 Å². The Kier molecular flexibility index (Phi) is 7.71. The molecule has 1 amide bonds. The van der Waals surface area contributed by atoms with Crippen molar-refractivity contribution in [2.45, 2.75) is 94.9 Å². The summed E-state index contributed by atoms with van der Waals surface area (Å²) in [5.41, 5.74) is 6.05. The van der Waals surface area contributed by atoms with Crippen molar-refractivity contribution < 1.29 is 23.8 Å². The van der Waals surface area contributed by atoms with E-state index in [9.17, 15) is 14.7 Å². The number of hydrogen-bond acceptors (Lipinski definition) is 7. The van der Waals surface area contributed by atoms with Crippen LogP contribution in [-0.2, 0) is 10.3 Å². The highest BCUT2D eigenvalue weighted by molar-refractivity contribution is 6.11. The Hall–Kier alpha value is -3.37. The molecule has 0 bridgehead atoms. The number of carbonyl (C=O) groups is 2. The number of anilines is 3. The summed E-state index contributed by atoms with van der Waals surface area (Å²) >= 11 is 0. The summed E-state index contributed by atoms with van der Waals surface area (Å²) in [6.07, 6.45) is 11.7. The van der Waals surface area contributed by atoms with Crippen LogP contribution in [0.5, 0.6) is 5.75 Å². The second-order valence-corrected chi connectivity index (χ2v) is 10.8. The number of pyridine rings is 1. The molecule has 2 aliphatic carbocycles. The number of rotatable bonds is 5. The van der Waals surface area contributed by atoms with Crippen LogP contribution in [0.3, 0.4) is 0 Å². The number of aliphatic carboxylic acids is 1. The third-order valence-electron chi connectivity index (χ3n) is 8.41. The summed E-state index contributed by atoms with van der Waals surface area (Å²) in [4.78, 5) is 28.9. The average Bonchev–Trinajstić information content (AvgIpc) is 3.30. The molecule has 11 heteroatoms. The summed E-state index contributed by atoms with van der Waals surface area (Å²) in [5, 5.41) is 19.7. The minimum absolute atomic E-state index is 0.0525. The summed E-state index contributed by atoms with van der Waals surface area (Å²) in [6, 6.07) is 1.67. The lowest BCUT2D eigenvalue weighted by Gasteiger charge is -2.42. The second-order valence-electron chi connectivity index (χ2n) is 10.8. The molecule has 5 rings (SSSR count). The lowest BCUT2D eigenvalue weighted by molar-refractivity contribution is -0.143. The van der Waals surface area contributed by atoms with Crippen LogP contribution in [0.2, 0.25) is 0 Å². The fraction of sp³-hybridized carbons (Fsp3) is 0.630. The van der Waals surface area contributed by atoms with Crippen molar-refractivity contribution in [3.63, 3.8) is 0 Å².